The predicted octanol–water partition coefficient (Wildman–Crippen LogP) is 3.89. The smallest absolute Gasteiger partial charge is 0.322 e. The van der Waals surface area contributed by atoms with Crippen LogP contribution in [0, 0.1) is 17.7 Å². The molecule has 1 aromatic heterocycles. The SMILES string of the molecule is CC(C)CNC(=O)c1coc(CN(CC(C)C)C(=O)Nc2cccc(F)c2)n1. The van der Waals surface area contributed by atoms with Gasteiger partial charge in [0.15, 0.2) is 5.69 Å². The van der Waals surface area contributed by atoms with Crippen LogP contribution < -0.4 is 10.6 Å². The van der Waals surface area contributed by atoms with Crippen molar-refractivity contribution >= 4 is 17.6 Å². The maximum Gasteiger partial charge on any atom is 0.322 e. The Kier molecular flexibility index (Phi) is 7.54. The summed E-state index contributed by atoms with van der Waals surface area (Å²) in [5.74, 6) is 0.0245. The second-order valence-corrected chi connectivity index (χ2v) is 7.45. The normalized spacial score (nSPS) is 11.0. The summed E-state index contributed by atoms with van der Waals surface area (Å²) >= 11 is 0. The number of carbonyl (C=O) groups excluding carboxylic acids is 2. The van der Waals surface area contributed by atoms with Gasteiger partial charge in [-0.2, -0.15) is 0 Å². The number of anilines is 1. The third-order valence-electron chi connectivity index (χ3n) is 3.73. The Morgan fingerprint density at radius 3 is 2.61 bits per heavy atom. The molecule has 0 saturated heterocycles. The van der Waals surface area contributed by atoms with E-state index in [4.69, 9.17) is 4.42 Å². The summed E-state index contributed by atoms with van der Waals surface area (Å²) in [6.07, 6.45) is 1.28. The number of rotatable bonds is 8. The summed E-state index contributed by atoms with van der Waals surface area (Å²) in [6, 6.07) is 5.28. The average Bonchev–Trinajstić information content (AvgIpc) is 3.07. The largest absolute Gasteiger partial charge is 0.446 e. The quantitative estimate of drug-likeness (QED) is 0.716. The summed E-state index contributed by atoms with van der Waals surface area (Å²) in [7, 11) is 0. The minimum absolute atomic E-state index is 0.0940. The molecule has 0 saturated carbocycles. The number of carbonyl (C=O) groups is 2. The zero-order chi connectivity index (χ0) is 20.7. The number of hydrogen-bond acceptors (Lipinski definition) is 4. The summed E-state index contributed by atoms with van der Waals surface area (Å²) in [5, 5.41) is 5.44. The van der Waals surface area contributed by atoms with E-state index < -0.39 is 11.8 Å². The summed E-state index contributed by atoms with van der Waals surface area (Å²) in [5.41, 5.74) is 0.533. The van der Waals surface area contributed by atoms with Gasteiger partial charge in [-0.05, 0) is 30.0 Å². The minimum Gasteiger partial charge on any atom is -0.446 e. The topological polar surface area (TPSA) is 87.5 Å². The van der Waals surface area contributed by atoms with Gasteiger partial charge in [0, 0.05) is 18.8 Å². The molecule has 0 aliphatic heterocycles. The summed E-state index contributed by atoms with van der Waals surface area (Å²) in [4.78, 5) is 30.4. The van der Waals surface area contributed by atoms with Crippen LogP contribution in [0.15, 0.2) is 34.9 Å². The first kappa shape index (κ1) is 21.4. The molecule has 2 aromatic rings. The molecule has 0 aliphatic carbocycles. The maximum absolute atomic E-state index is 13.3. The molecule has 8 heteroatoms. The second-order valence-electron chi connectivity index (χ2n) is 7.45. The fraction of sp³-hybridized carbons (Fsp3) is 0.450. The number of halogens is 1. The minimum atomic E-state index is -0.432. The molecule has 0 atom stereocenters. The Morgan fingerprint density at radius 2 is 1.96 bits per heavy atom. The molecule has 3 amide bonds. The molecule has 0 unspecified atom stereocenters. The van der Waals surface area contributed by atoms with E-state index in [0.717, 1.165) is 0 Å². The van der Waals surface area contributed by atoms with Gasteiger partial charge in [0.25, 0.3) is 5.91 Å². The Balaban J connectivity index is 2.05. The Labute approximate surface area is 164 Å². The number of oxazole rings is 1. The van der Waals surface area contributed by atoms with Gasteiger partial charge in [0.1, 0.15) is 12.1 Å². The molecule has 28 heavy (non-hydrogen) atoms. The van der Waals surface area contributed by atoms with Crippen molar-refractivity contribution in [2.45, 2.75) is 34.2 Å². The van der Waals surface area contributed by atoms with E-state index in [1.807, 2.05) is 27.7 Å². The number of aromatic nitrogens is 1. The van der Waals surface area contributed by atoms with Crippen LogP contribution in [0.1, 0.15) is 44.1 Å². The first-order valence-corrected chi connectivity index (χ1v) is 9.28. The first-order valence-electron chi connectivity index (χ1n) is 9.28. The van der Waals surface area contributed by atoms with Crippen molar-refractivity contribution in [3.8, 4) is 0 Å². The zero-order valence-electron chi connectivity index (χ0n) is 16.7. The van der Waals surface area contributed by atoms with Gasteiger partial charge in [-0.3, -0.25) is 4.79 Å². The van der Waals surface area contributed by atoms with E-state index in [0.29, 0.717) is 24.7 Å². The highest BCUT2D eigenvalue weighted by Crippen LogP contribution is 2.13. The molecule has 0 spiro atoms. The highest BCUT2D eigenvalue weighted by atomic mass is 19.1. The molecule has 0 radical (unpaired) electrons. The number of nitrogens with zero attached hydrogens (tertiary/aromatic N) is 2. The van der Waals surface area contributed by atoms with Gasteiger partial charge in [0.05, 0.1) is 6.54 Å². The third-order valence-corrected chi connectivity index (χ3v) is 3.73. The molecule has 2 N–H and O–H groups in total. The molecule has 152 valence electrons. The van der Waals surface area contributed by atoms with Crippen LogP contribution in [0.3, 0.4) is 0 Å². The van der Waals surface area contributed by atoms with Gasteiger partial charge in [-0.15, -0.1) is 0 Å². The van der Waals surface area contributed by atoms with Crippen molar-refractivity contribution in [2.24, 2.45) is 11.8 Å². The third kappa shape index (κ3) is 6.68. The lowest BCUT2D eigenvalue weighted by Gasteiger charge is -2.23. The molecule has 0 aliphatic rings. The van der Waals surface area contributed by atoms with Crippen molar-refractivity contribution in [1.82, 2.24) is 15.2 Å². The second kappa shape index (κ2) is 9.87. The Morgan fingerprint density at radius 1 is 1.21 bits per heavy atom. The number of nitrogens with one attached hydrogen (secondary N) is 2. The number of amides is 3. The van der Waals surface area contributed by atoms with Crippen molar-refractivity contribution < 1.29 is 18.4 Å². The van der Waals surface area contributed by atoms with Crippen LogP contribution in [0.2, 0.25) is 0 Å². The van der Waals surface area contributed by atoms with Crippen LogP contribution in [0.5, 0.6) is 0 Å². The van der Waals surface area contributed by atoms with E-state index in [1.165, 1.54) is 29.4 Å². The van der Waals surface area contributed by atoms with E-state index in [2.05, 4.69) is 15.6 Å². The molecule has 1 heterocycles. The van der Waals surface area contributed by atoms with E-state index in [-0.39, 0.29) is 30.0 Å². The monoisotopic (exact) mass is 390 g/mol. The molecular weight excluding hydrogens is 363 g/mol. The number of benzene rings is 1. The van der Waals surface area contributed by atoms with E-state index in [1.54, 1.807) is 6.07 Å². The molecule has 0 fully saturated rings. The average molecular weight is 390 g/mol. The lowest BCUT2D eigenvalue weighted by molar-refractivity contribution is 0.0944. The van der Waals surface area contributed by atoms with Crippen molar-refractivity contribution in [2.75, 3.05) is 18.4 Å². The van der Waals surface area contributed by atoms with Crippen LogP contribution in [0.4, 0.5) is 14.9 Å². The summed E-state index contributed by atoms with van der Waals surface area (Å²) in [6.45, 7) is 9.02. The fourth-order valence-corrected chi connectivity index (χ4v) is 2.47. The highest BCUT2D eigenvalue weighted by Gasteiger charge is 2.20. The maximum atomic E-state index is 13.3. The predicted molar refractivity (Wildman–Crippen MR) is 104 cm³/mol. The van der Waals surface area contributed by atoms with E-state index >= 15 is 0 Å². The van der Waals surface area contributed by atoms with Crippen LogP contribution in [-0.2, 0) is 6.54 Å². The molecule has 0 bridgehead atoms. The van der Waals surface area contributed by atoms with E-state index in [9.17, 15) is 14.0 Å². The standard InChI is InChI=1S/C20H27FN4O3/c1-13(2)9-22-19(26)17-12-28-18(24-17)11-25(10-14(3)4)20(27)23-16-7-5-6-15(21)8-16/h5-8,12-14H,9-11H2,1-4H3,(H,22,26)(H,23,27). The molecule has 1 aromatic carbocycles. The first-order chi connectivity index (χ1) is 13.2. The molecule has 7 nitrogen and oxygen atoms in total. The lowest BCUT2D eigenvalue weighted by atomic mass is 10.2. The van der Waals surface area contributed by atoms with Crippen LogP contribution >= 0.6 is 0 Å². The lowest BCUT2D eigenvalue weighted by Crippen LogP contribution is -2.37. The van der Waals surface area contributed by atoms with Crippen molar-refractivity contribution in [3.63, 3.8) is 0 Å². The molecular formula is C20H27FN4O3. The van der Waals surface area contributed by atoms with Crippen LogP contribution in [-0.4, -0.2) is 34.9 Å². The van der Waals surface area contributed by atoms with Gasteiger partial charge >= 0.3 is 6.03 Å². The summed E-state index contributed by atoms with van der Waals surface area (Å²) < 4.78 is 18.7. The Hall–Kier alpha value is -2.90. The number of hydrogen-bond donors (Lipinski definition) is 2. The van der Waals surface area contributed by atoms with Crippen molar-refractivity contribution in [1.29, 1.82) is 0 Å². The van der Waals surface area contributed by atoms with Gasteiger partial charge < -0.3 is 20.0 Å². The zero-order valence-corrected chi connectivity index (χ0v) is 16.7. The fourth-order valence-electron chi connectivity index (χ4n) is 2.47. The Bertz CT molecular complexity index is 804. The number of urea groups is 1. The van der Waals surface area contributed by atoms with Crippen LogP contribution in [0.25, 0.3) is 0 Å². The van der Waals surface area contributed by atoms with Gasteiger partial charge in [0.2, 0.25) is 5.89 Å². The van der Waals surface area contributed by atoms with Crippen molar-refractivity contribution in [3.05, 3.63) is 47.9 Å². The highest BCUT2D eigenvalue weighted by molar-refractivity contribution is 5.92. The van der Waals surface area contributed by atoms with Gasteiger partial charge in [-0.1, -0.05) is 33.8 Å². The van der Waals surface area contributed by atoms with Gasteiger partial charge in [-0.25, -0.2) is 14.2 Å². The molecule has 2 rings (SSSR count).